The molecule has 0 bridgehead atoms. The van der Waals surface area contributed by atoms with Crippen molar-refractivity contribution in [2.45, 2.75) is 37.4 Å². The molecule has 0 radical (unpaired) electrons. The van der Waals surface area contributed by atoms with Crippen LogP contribution in [0.5, 0.6) is 11.5 Å². The van der Waals surface area contributed by atoms with E-state index in [0.29, 0.717) is 43.1 Å². The highest BCUT2D eigenvalue weighted by Crippen LogP contribution is 2.43. The Labute approximate surface area is 106 Å². The molecule has 0 saturated heterocycles. The largest absolute Gasteiger partial charge is 0.486 e. The molecule has 2 aliphatic rings. The molecule has 1 heterocycles. The van der Waals surface area contributed by atoms with E-state index in [4.69, 9.17) is 15.2 Å². The van der Waals surface area contributed by atoms with Gasteiger partial charge in [0.05, 0.1) is 0 Å². The van der Waals surface area contributed by atoms with Crippen molar-refractivity contribution >= 4 is 0 Å². The maximum absolute atomic E-state index is 14.9. The Morgan fingerprint density at radius 2 is 2.00 bits per heavy atom. The molecule has 0 amide bonds. The average molecular weight is 251 g/mol. The van der Waals surface area contributed by atoms with Crippen LogP contribution in [-0.4, -0.2) is 19.3 Å². The number of hydrogen-bond donors (Lipinski definition) is 1. The van der Waals surface area contributed by atoms with Gasteiger partial charge in [0.2, 0.25) is 0 Å². The minimum absolute atomic E-state index is 0.0445. The molecule has 3 rings (SSSR count). The number of fused-ring (bicyclic) bond motifs is 1. The van der Waals surface area contributed by atoms with Gasteiger partial charge in [-0.25, -0.2) is 4.39 Å². The summed E-state index contributed by atoms with van der Waals surface area (Å²) >= 11 is 0. The lowest BCUT2D eigenvalue weighted by atomic mass is 9.79. The number of halogens is 1. The van der Waals surface area contributed by atoms with E-state index in [1.54, 1.807) is 18.2 Å². The third kappa shape index (κ3) is 2.05. The molecule has 1 aliphatic heterocycles. The maximum atomic E-state index is 14.9. The quantitative estimate of drug-likeness (QED) is 0.834. The van der Waals surface area contributed by atoms with Gasteiger partial charge in [-0.2, -0.15) is 0 Å². The molecule has 1 saturated carbocycles. The van der Waals surface area contributed by atoms with Gasteiger partial charge in [-0.05, 0) is 37.0 Å². The van der Waals surface area contributed by atoms with Gasteiger partial charge in [0.25, 0.3) is 0 Å². The van der Waals surface area contributed by atoms with E-state index in [9.17, 15) is 4.39 Å². The summed E-state index contributed by atoms with van der Waals surface area (Å²) in [6.07, 6.45) is 2.69. The van der Waals surface area contributed by atoms with Crippen molar-refractivity contribution in [2.75, 3.05) is 13.2 Å². The normalized spacial score (nSPS) is 31.1. The van der Waals surface area contributed by atoms with Gasteiger partial charge < -0.3 is 15.2 Å². The van der Waals surface area contributed by atoms with Crippen molar-refractivity contribution in [3.8, 4) is 11.5 Å². The van der Waals surface area contributed by atoms with Crippen molar-refractivity contribution in [3.63, 3.8) is 0 Å². The van der Waals surface area contributed by atoms with Crippen LogP contribution in [0.1, 0.15) is 31.2 Å². The zero-order valence-electron chi connectivity index (χ0n) is 10.3. The van der Waals surface area contributed by atoms with Crippen LogP contribution in [0.4, 0.5) is 4.39 Å². The highest BCUT2D eigenvalue weighted by atomic mass is 19.1. The fourth-order valence-electron chi connectivity index (χ4n) is 2.85. The monoisotopic (exact) mass is 251 g/mol. The first-order valence-corrected chi connectivity index (χ1v) is 6.52. The minimum atomic E-state index is -1.31. The van der Waals surface area contributed by atoms with Gasteiger partial charge in [0, 0.05) is 12.5 Å². The Hall–Kier alpha value is -1.29. The topological polar surface area (TPSA) is 44.5 Å². The molecule has 1 aliphatic carbocycles. The van der Waals surface area contributed by atoms with Gasteiger partial charge >= 0.3 is 0 Å². The molecule has 1 aromatic carbocycles. The van der Waals surface area contributed by atoms with Crippen molar-refractivity contribution < 1.29 is 13.9 Å². The summed E-state index contributed by atoms with van der Waals surface area (Å²) in [5, 5.41) is 0. The summed E-state index contributed by atoms with van der Waals surface area (Å²) in [4.78, 5) is 0. The van der Waals surface area contributed by atoms with Gasteiger partial charge in [0.15, 0.2) is 11.5 Å². The molecule has 2 atom stereocenters. The highest BCUT2D eigenvalue weighted by molar-refractivity contribution is 5.45. The lowest BCUT2D eigenvalue weighted by molar-refractivity contribution is 0.0935. The second-order valence-corrected chi connectivity index (χ2v) is 5.18. The highest BCUT2D eigenvalue weighted by Gasteiger charge is 2.37. The Kier molecular flexibility index (Phi) is 2.90. The van der Waals surface area contributed by atoms with Crippen LogP contribution < -0.4 is 15.2 Å². The molecule has 2 unspecified atom stereocenters. The standard InChI is InChI=1S/C14H18FNO2/c15-14(5-1-2-11(16)9-14)10-3-4-12-13(8-10)18-7-6-17-12/h3-4,8,11H,1-2,5-7,9,16H2. The third-order valence-corrected chi connectivity index (χ3v) is 3.79. The lowest BCUT2D eigenvalue weighted by Gasteiger charge is -2.34. The van der Waals surface area contributed by atoms with Crippen LogP contribution in [0.15, 0.2) is 18.2 Å². The molecule has 1 fully saturated rings. The molecule has 98 valence electrons. The minimum Gasteiger partial charge on any atom is -0.486 e. The Morgan fingerprint density at radius 3 is 2.78 bits per heavy atom. The molecule has 2 N–H and O–H groups in total. The number of nitrogens with two attached hydrogens (primary N) is 1. The molecule has 18 heavy (non-hydrogen) atoms. The van der Waals surface area contributed by atoms with Gasteiger partial charge in [-0.1, -0.05) is 6.07 Å². The number of rotatable bonds is 1. The first kappa shape index (κ1) is 11.8. The van der Waals surface area contributed by atoms with Crippen molar-refractivity contribution in [3.05, 3.63) is 23.8 Å². The summed E-state index contributed by atoms with van der Waals surface area (Å²) in [6, 6.07) is 5.32. The number of benzene rings is 1. The maximum Gasteiger partial charge on any atom is 0.161 e. The first-order chi connectivity index (χ1) is 8.67. The molecular weight excluding hydrogens is 233 g/mol. The van der Waals surface area contributed by atoms with E-state index in [0.717, 1.165) is 12.8 Å². The number of alkyl halides is 1. The van der Waals surface area contributed by atoms with Crippen LogP contribution in [-0.2, 0) is 5.67 Å². The number of hydrogen-bond acceptors (Lipinski definition) is 3. The second-order valence-electron chi connectivity index (χ2n) is 5.18. The second kappa shape index (κ2) is 4.43. The predicted molar refractivity (Wildman–Crippen MR) is 66.7 cm³/mol. The molecule has 0 spiro atoms. The van der Waals surface area contributed by atoms with E-state index in [1.165, 1.54) is 0 Å². The Bertz CT molecular complexity index is 451. The number of ether oxygens (including phenoxy) is 2. The molecule has 4 heteroatoms. The van der Waals surface area contributed by atoms with Gasteiger partial charge in [0.1, 0.15) is 18.9 Å². The lowest BCUT2D eigenvalue weighted by Crippen LogP contribution is -2.36. The zero-order chi connectivity index (χ0) is 12.6. The summed E-state index contributed by atoms with van der Waals surface area (Å²) in [7, 11) is 0. The SMILES string of the molecule is NC1CCCC(F)(c2ccc3c(c2)OCCO3)C1. The van der Waals surface area contributed by atoms with E-state index < -0.39 is 5.67 Å². The average Bonchev–Trinajstić information content (AvgIpc) is 2.38. The fourth-order valence-corrected chi connectivity index (χ4v) is 2.85. The summed E-state index contributed by atoms with van der Waals surface area (Å²) in [5.41, 5.74) is 5.25. The Balaban J connectivity index is 1.91. The molecule has 0 aromatic heterocycles. The van der Waals surface area contributed by atoms with Crippen LogP contribution in [0.3, 0.4) is 0 Å². The van der Waals surface area contributed by atoms with Crippen LogP contribution in [0.2, 0.25) is 0 Å². The smallest absolute Gasteiger partial charge is 0.161 e. The summed E-state index contributed by atoms with van der Waals surface area (Å²) in [5.74, 6) is 1.35. The van der Waals surface area contributed by atoms with Crippen LogP contribution >= 0.6 is 0 Å². The van der Waals surface area contributed by atoms with E-state index >= 15 is 0 Å². The Morgan fingerprint density at radius 1 is 1.22 bits per heavy atom. The van der Waals surface area contributed by atoms with Crippen molar-refractivity contribution in [1.29, 1.82) is 0 Å². The van der Waals surface area contributed by atoms with E-state index in [-0.39, 0.29) is 6.04 Å². The summed E-state index contributed by atoms with van der Waals surface area (Å²) < 4.78 is 25.9. The molecular formula is C14H18FNO2. The summed E-state index contributed by atoms with van der Waals surface area (Å²) in [6.45, 7) is 1.08. The van der Waals surface area contributed by atoms with Gasteiger partial charge in [-0.15, -0.1) is 0 Å². The molecule has 3 nitrogen and oxygen atoms in total. The molecule has 1 aromatic rings. The van der Waals surface area contributed by atoms with E-state index in [2.05, 4.69) is 0 Å². The van der Waals surface area contributed by atoms with Crippen LogP contribution in [0, 0.1) is 0 Å². The van der Waals surface area contributed by atoms with Gasteiger partial charge in [-0.3, -0.25) is 0 Å². The third-order valence-electron chi connectivity index (χ3n) is 3.79. The first-order valence-electron chi connectivity index (χ1n) is 6.52. The fraction of sp³-hybridized carbons (Fsp3) is 0.571. The van der Waals surface area contributed by atoms with E-state index in [1.807, 2.05) is 0 Å². The van der Waals surface area contributed by atoms with Crippen molar-refractivity contribution in [1.82, 2.24) is 0 Å². The predicted octanol–water partition coefficient (Wildman–Crippen LogP) is 2.52. The zero-order valence-corrected chi connectivity index (χ0v) is 10.3. The van der Waals surface area contributed by atoms with Crippen LogP contribution in [0.25, 0.3) is 0 Å². The van der Waals surface area contributed by atoms with Crippen molar-refractivity contribution in [2.24, 2.45) is 5.73 Å².